The van der Waals surface area contributed by atoms with E-state index in [0.717, 1.165) is 5.92 Å². The van der Waals surface area contributed by atoms with E-state index in [9.17, 15) is 0 Å². The highest BCUT2D eigenvalue weighted by Crippen LogP contribution is 2.62. The van der Waals surface area contributed by atoms with Gasteiger partial charge in [0.1, 0.15) is 0 Å². The summed E-state index contributed by atoms with van der Waals surface area (Å²) in [6, 6.07) is 0. The van der Waals surface area contributed by atoms with Gasteiger partial charge in [0.05, 0.1) is 0 Å². The quantitative estimate of drug-likeness (QED) is 0.666. The van der Waals surface area contributed by atoms with Crippen LogP contribution in [-0.4, -0.2) is 13.6 Å². The van der Waals surface area contributed by atoms with Crippen molar-refractivity contribution in [3.63, 3.8) is 0 Å². The summed E-state index contributed by atoms with van der Waals surface area (Å²) in [5.74, 6) is 1.02. The van der Waals surface area contributed by atoms with E-state index in [1.165, 1.54) is 32.2 Å². The van der Waals surface area contributed by atoms with Crippen LogP contribution in [0.1, 0.15) is 39.5 Å². The Hall–Kier alpha value is -0.0400. The Morgan fingerprint density at radius 1 is 1.42 bits per heavy atom. The summed E-state index contributed by atoms with van der Waals surface area (Å²) in [5.41, 5.74) is 1.32. The summed E-state index contributed by atoms with van der Waals surface area (Å²) in [6.07, 6.45) is 5.89. The first-order chi connectivity index (χ1) is 5.58. The van der Waals surface area contributed by atoms with Crippen LogP contribution in [0.25, 0.3) is 0 Å². The van der Waals surface area contributed by atoms with E-state index < -0.39 is 0 Å². The van der Waals surface area contributed by atoms with Crippen LogP contribution >= 0.6 is 0 Å². The van der Waals surface area contributed by atoms with Gasteiger partial charge in [-0.15, -0.1) is 0 Å². The second kappa shape index (κ2) is 2.47. The minimum Gasteiger partial charge on any atom is -0.319 e. The SMILES string of the molecule is CNC[C@]12CC[C@@H](C1)C(C)(C)C2. The fourth-order valence-electron chi connectivity index (χ4n) is 3.74. The van der Waals surface area contributed by atoms with Crippen molar-refractivity contribution in [2.75, 3.05) is 13.6 Å². The molecule has 0 spiro atoms. The molecule has 2 aliphatic rings. The first-order valence-corrected chi connectivity index (χ1v) is 5.23. The summed E-state index contributed by atoms with van der Waals surface area (Å²) in [6.45, 7) is 6.15. The van der Waals surface area contributed by atoms with E-state index in [4.69, 9.17) is 0 Å². The highest BCUT2D eigenvalue weighted by molar-refractivity contribution is 5.04. The van der Waals surface area contributed by atoms with Crippen molar-refractivity contribution in [2.45, 2.75) is 39.5 Å². The summed E-state index contributed by atoms with van der Waals surface area (Å²) in [7, 11) is 2.09. The molecule has 2 aliphatic carbocycles. The predicted molar refractivity (Wildman–Crippen MR) is 52.1 cm³/mol. The Morgan fingerprint density at radius 2 is 2.17 bits per heavy atom. The molecule has 2 atom stereocenters. The average molecular weight is 167 g/mol. The van der Waals surface area contributed by atoms with E-state index in [0.29, 0.717) is 10.8 Å². The molecule has 0 radical (unpaired) electrons. The average Bonchev–Trinajstić information content (AvgIpc) is 2.41. The molecule has 2 fully saturated rings. The molecular weight excluding hydrogens is 146 g/mol. The van der Waals surface area contributed by atoms with Crippen LogP contribution < -0.4 is 5.32 Å². The molecule has 1 heteroatoms. The third-order valence-corrected chi connectivity index (χ3v) is 4.19. The van der Waals surface area contributed by atoms with Crippen molar-refractivity contribution in [3.8, 4) is 0 Å². The molecule has 0 amide bonds. The Labute approximate surface area is 75.9 Å². The zero-order valence-corrected chi connectivity index (χ0v) is 8.61. The molecule has 0 unspecified atom stereocenters. The summed E-state index contributed by atoms with van der Waals surface area (Å²) < 4.78 is 0. The van der Waals surface area contributed by atoms with Crippen molar-refractivity contribution in [1.29, 1.82) is 0 Å². The van der Waals surface area contributed by atoms with Gasteiger partial charge in [-0.2, -0.15) is 0 Å². The van der Waals surface area contributed by atoms with Gasteiger partial charge in [-0.05, 0) is 49.5 Å². The third kappa shape index (κ3) is 1.10. The molecule has 2 bridgehead atoms. The molecule has 0 saturated heterocycles. The smallest absolute Gasteiger partial charge is 0.000511 e. The Bertz CT molecular complexity index is 185. The van der Waals surface area contributed by atoms with Crippen molar-refractivity contribution >= 4 is 0 Å². The molecular formula is C11H21N. The van der Waals surface area contributed by atoms with E-state index in [2.05, 4.69) is 26.2 Å². The topological polar surface area (TPSA) is 12.0 Å². The monoisotopic (exact) mass is 167 g/mol. The maximum Gasteiger partial charge on any atom is 0.000511 e. The van der Waals surface area contributed by atoms with Gasteiger partial charge >= 0.3 is 0 Å². The fourth-order valence-corrected chi connectivity index (χ4v) is 3.74. The molecule has 0 aromatic rings. The fraction of sp³-hybridized carbons (Fsp3) is 1.00. The minimum atomic E-state index is 0.634. The van der Waals surface area contributed by atoms with Crippen molar-refractivity contribution in [1.82, 2.24) is 5.32 Å². The molecule has 1 N–H and O–H groups in total. The van der Waals surface area contributed by atoms with Gasteiger partial charge in [0.2, 0.25) is 0 Å². The maximum absolute atomic E-state index is 3.37. The van der Waals surface area contributed by atoms with E-state index in [1.807, 2.05) is 0 Å². The van der Waals surface area contributed by atoms with Crippen molar-refractivity contribution in [3.05, 3.63) is 0 Å². The van der Waals surface area contributed by atoms with Crippen LogP contribution in [0.2, 0.25) is 0 Å². The molecule has 12 heavy (non-hydrogen) atoms. The van der Waals surface area contributed by atoms with Crippen molar-refractivity contribution in [2.24, 2.45) is 16.7 Å². The summed E-state index contributed by atoms with van der Waals surface area (Å²) >= 11 is 0. The van der Waals surface area contributed by atoms with Crippen LogP contribution in [0.15, 0.2) is 0 Å². The molecule has 0 heterocycles. The number of nitrogens with one attached hydrogen (secondary N) is 1. The van der Waals surface area contributed by atoms with Crippen LogP contribution in [0.4, 0.5) is 0 Å². The van der Waals surface area contributed by atoms with Gasteiger partial charge in [0, 0.05) is 6.54 Å². The van der Waals surface area contributed by atoms with E-state index >= 15 is 0 Å². The Morgan fingerprint density at radius 3 is 2.58 bits per heavy atom. The normalized spacial score (nSPS) is 43.8. The molecule has 0 aromatic carbocycles. The highest BCUT2D eigenvalue weighted by atomic mass is 14.8. The van der Waals surface area contributed by atoms with Gasteiger partial charge in [-0.25, -0.2) is 0 Å². The van der Waals surface area contributed by atoms with Gasteiger partial charge in [0.15, 0.2) is 0 Å². The molecule has 70 valence electrons. The Balaban J connectivity index is 2.12. The molecule has 2 rings (SSSR count). The number of hydrogen-bond acceptors (Lipinski definition) is 1. The van der Waals surface area contributed by atoms with Crippen molar-refractivity contribution < 1.29 is 0 Å². The first-order valence-electron chi connectivity index (χ1n) is 5.23. The minimum absolute atomic E-state index is 0.634. The van der Waals surface area contributed by atoms with Crippen LogP contribution in [0.5, 0.6) is 0 Å². The molecule has 2 saturated carbocycles. The van der Waals surface area contributed by atoms with Gasteiger partial charge in [-0.1, -0.05) is 13.8 Å². The van der Waals surface area contributed by atoms with E-state index in [1.54, 1.807) is 0 Å². The lowest BCUT2D eigenvalue weighted by atomic mass is 9.72. The number of fused-ring (bicyclic) bond motifs is 2. The number of rotatable bonds is 2. The van der Waals surface area contributed by atoms with Crippen LogP contribution in [0, 0.1) is 16.7 Å². The van der Waals surface area contributed by atoms with E-state index in [-0.39, 0.29) is 0 Å². The lowest BCUT2D eigenvalue weighted by Gasteiger charge is -2.34. The van der Waals surface area contributed by atoms with Gasteiger partial charge < -0.3 is 5.32 Å². The largest absolute Gasteiger partial charge is 0.319 e. The standard InChI is InChI=1S/C11H21N/c1-10(2)7-11(8-12-3)5-4-9(10)6-11/h9,12H,4-8H2,1-3H3/t9-,11+/m0/s1. The lowest BCUT2D eigenvalue weighted by molar-refractivity contribution is 0.170. The summed E-state index contributed by atoms with van der Waals surface area (Å²) in [5, 5.41) is 3.37. The second-order valence-electron chi connectivity index (χ2n) is 5.64. The molecule has 1 nitrogen and oxygen atoms in total. The highest BCUT2D eigenvalue weighted by Gasteiger charge is 2.53. The van der Waals surface area contributed by atoms with Gasteiger partial charge in [-0.3, -0.25) is 0 Å². The lowest BCUT2D eigenvalue weighted by Crippen LogP contribution is -2.31. The second-order valence-corrected chi connectivity index (χ2v) is 5.64. The third-order valence-electron chi connectivity index (χ3n) is 4.19. The van der Waals surface area contributed by atoms with Gasteiger partial charge in [0.25, 0.3) is 0 Å². The van der Waals surface area contributed by atoms with Crippen LogP contribution in [0.3, 0.4) is 0 Å². The number of hydrogen-bond donors (Lipinski definition) is 1. The zero-order valence-electron chi connectivity index (χ0n) is 8.61. The maximum atomic E-state index is 3.37. The first kappa shape index (κ1) is 8.55. The summed E-state index contributed by atoms with van der Waals surface area (Å²) in [4.78, 5) is 0. The predicted octanol–water partition coefficient (Wildman–Crippen LogP) is 2.42. The zero-order chi connectivity index (χ0) is 8.82. The molecule has 0 aliphatic heterocycles. The molecule has 0 aromatic heterocycles. The van der Waals surface area contributed by atoms with Crippen LogP contribution in [-0.2, 0) is 0 Å². The Kier molecular flexibility index (Phi) is 1.76.